The number of sulfonamides is 1. The zero-order valence-corrected chi connectivity index (χ0v) is 20.7. The van der Waals surface area contributed by atoms with Gasteiger partial charge in [0, 0.05) is 31.1 Å². The lowest BCUT2D eigenvalue weighted by Gasteiger charge is -2.57. The molecule has 0 saturated carbocycles. The van der Waals surface area contributed by atoms with Crippen molar-refractivity contribution in [3.63, 3.8) is 0 Å². The molecule has 3 aromatic carbocycles. The summed E-state index contributed by atoms with van der Waals surface area (Å²) in [6.07, 6.45) is 1.61. The molecule has 184 valence electrons. The molecule has 2 saturated heterocycles. The first-order chi connectivity index (χ1) is 16.9. The molecule has 2 fully saturated rings. The summed E-state index contributed by atoms with van der Waals surface area (Å²) < 4.78 is 41.7. The van der Waals surface area contributed by atoms with Crippen LogP contribution in [0.3, 0.4) is 0 Å². The van der Waals surface area contributed by atoms with Crippen LogP contribution >= 0.6 is 0 Å². The van der Waals surface area contributed by atoms with E-state index in [0.29, 0.717) is 13.1 Å². The average Bonchev–Trinajstić information content (AvgIpc) is 2.84. The number of aliphatic hydroxyl groups excluding tert-OH is 1. The van der Waals surface area contributed by atoms with Crippen LogP contribution in [0.2, 0.25) is 0 Å². The van der Waals surface area contributed by atoms with Gasteiger partial charge in [0.2, 0.25) is 10.0 Å². The summed E-state index contributed by atoms with van der Waals surface area (Å²) in [5.74, 6) is -0.420. The first-order valence-corrected chi connectivity index (χ1v) is 13.6. The molecule has 3 atom stereocenters. The molecule has 0 amide bonds. The number of hydrogen-bond acceptors (Lipinski definition) is 4. The molecule has 35 heavy (non-hydrogen) atoms. The summed E-state index contributed by atoms with van der Waals surface area (Å²) >= 11 is 0. The molecule has 0 radical (unpaired) electrons. The topological polar surface area (TPSA) is 60.9 Å². The maximum absolute atomic E-state index is 13.4. The van der Waals surface area contributed by atoms with E-state index in [1.54, 1.807) is 4.31 Å². The molecule has 2 aliphatic heterocycles. The predicted octanol–water partition coefficient (Wildman–Crippen LogP) is 4.41. The van der Waals surface area contributed by atoms with Gasteiger partial charge >= 0.3 is 0 Å². The van der Waals surface area contributed by atoms with Crippen LogP contribution in [0.25, 0.3) is 11.1 Å². The summed E-state index contributed by atoms with van der Waals surface area (Å²) in [6.45, 7) is 3.76. The molecule has 5 nitrogen and oxygen atoms in total. The third-order valence-electron chi connectivity index (χ3n) is 7.54. The van der Waals surface area contributed by atoms with E-state index < -0.39 is 15.8 Å². The lowest BCUT2D eigenvalue weighted by atomic mass is 9.74. The van der Waals surface area contributed by atoms with E-state index in [1.165, 1.54) is 35.4 Å². The highest BCUT2D eigenvalue weighted by atomic mass is 32.2. The molecule has 5 rings (SSSR count). The minimum atomic E-state index is -3.74. The summed E-state index contributed by atoms with van der Waals surface area (Å²) in [5.41, 5.74) is 4.66. The van der Waals surface area contributed by atoms with Gasteiger partial charge in [-0.15, -0.1) is 0 Å². The van der Waals surface area contributed by atoms with Crippen LogP contribution in [-0.2, 0) is 10.0 Å². The maximum Gasteiger partial charge on any atom is 0.243 e. The summed E-state index contributed by atoms with van der Waals surface area (Å²) in [7, 11) is -3.74. The second-order valence-electron chi connectivity index (χ2n) is 9.54. The molecule has 3 aromatic rings. The van der Waals surface area contributed by atoms with Crippen LogP contribution in [0.1, 0.15) is 29.9 Å². The van der Waals surface area contributed by atoms with Crippen molar-refractivity contribution in [3.8, 4) is 11.1 Å². The monoisotopic (exact) mass is 494 g/mol. The van der Waals surface area contributed by atoms with Gasteiger partial charge in [0.05, 0.1) is 11.5 Å². The number of hydrogen-bond donors (Lipinski definition) is 1. The smallest absolute Gasteiger partial charge is 0.243 e. The third-order valence-corrected chi connectivity index (χ3v) is 9.42. The Morgan fingerprint density at radius 3 is 2.31 bits per heavy atom. The Morgan fingerprint density at radius 2 is 1.63 bits per heavy atom. The molecule has 1 N–H and O–H groups in total. The zero-order chi connectivity index (χ0) is 24.6. The second kappa shape index (κ2) is 9.82. The lowest BCUT2D eigenvalue weighted by molar-refractivity contribution is -0.0553. The van der Waals surface area contributed by atoms with Crippen molar-refractivity contribution in [2.75, 3.05) is 26.2 Å². The van der Waals surface area contributed by atoms with Crippen molar-refractivity contribution in [1.29, 1.82) is 0 Å². The Kier molecular flexibility index (Phi) is 6.77. The quantitative estimate of drug-likeness (QED) is 0.571. The van der Waals surface area contributed by atoms with E-state index in [0.717, 1.165) is 30.5 Å². The van der Waals surface area contributed by atoms with Crippen LogP contribution in [0.4, 0.5) is 4.39 Å². The Morgan fingerprint density at radius 1 is 0.943 bits per heavy atom. The van der Waals surface area contributed by atoms with Gasteiger partial charge in [-0.25, -0.2) is 12.8 Å². The van der Waals surface area contributed by atoms with E-state index >= 15 is 0 Å². The normalized spacial score (nSPS) is 23.7. The van der Waals surface area contributed by atoms with Crippen molar-refractivity contribution < 1.29 is 17.9 Å². The number of rotatable bonds is 5. The predicted molar refractivity (Wildman–Crippen MR) is 135 cm³/mol. The first-order valence-electron chi connectivity index (χ1n) is 12.2. The number of benzene rings is 3. The van der Waals surface area contributed by atoms with E-state index in [1.807, 2.05) is 12.1 Å². The summed E-state index contributed by atoms with van der Waals surface area (Å²) in [6, 6.07) is 21.7. The van der Waals surface area contributed by atoms with Crippen LogP contribution in [-0.4, -0.2) is 61.1 Å². The number of halogens is 1. The molecule has 0 bridgehead atoms. The highest BCUT2D eigenvalue weighted by Gasteiger charge is 2.50. The molecule has 0 aromatic heterocycles. The van der Waals surface area contributed by atoms with Gasteiger partial charge in [-0.1, -0.05) is 48.5 Å². The Labute approximate surface area is 206 Å². The molecular formula is C28H31FN2O3S. The average molecular weight is 495 g/mol. The van der Waals surface area contributed by atoms with Gasteiger partial charge in [0.25, 0.3) is 0 Å². The Balaban J connectivity index is 1.43. The minimum Gasteiger partial charge on any atom is -0.395 e. The third kappa shape index (κ3) is 4.54. The second-order valence-corrected chi connectivity index (χ2v) is 11.5. The zero-order valence-electron chi connectivity index (χ0n) is 19.8. The van der Waals surface area contributed by atoms with Crippen LogP contribution in [0.15, 0.2) is 77.7 Å². The van der Waals surface area contributed by atoms with Crippen molar-refractivity contribution in [1.82, 2.24) is 9.21 Å². The van der Waals surface area contributed by atoms with Crippen molar-refractivity contribution in [2.24, 2.45) is 0 Å². The van der Waals surface area contributed by atoms with E-state index in [4.69, 9.17) is 0 Å². The Bertz CT molecular complexity index is 1280. The van der Waals surface area contributed by atoms with Gasteiger partial charge in [-0.3, -0.25) is 4.90 Å². The number of aliphatic hydroxyl groups is 1. The summed E-state index contributed by atoms with van der Waals surface area (Å²) in [4.78, 5) is 2.37. The molecule has 2 aliphatic rings. The SMILES string of the molecule is Cc1ccccc1-c1ccc([C@H]2[C@H](CO)N3CCCCN(S(=O)(=O)c4ccc(F)cc4)C[C@@H]23)cc1. The van der Waals surface area contributed by atoms with Crippen molar-refractivity contribution >= 4 is 10.0 Å². The standard InChI is InChI=1S/C28H31FN2O3S/c1-20-6-2-3-7-25(20)21-8-10-22(11-9-21)28-26-18-30(16-4-5-17-31(26)27(28)19-32)35(33,34)24-14-12-23(29)13-15-24/h2-3,6-15,26-28,32H,4-5,16-19H2,1H3/t26-,27-,28+/m0/s1. The van der Waals surface area contributed by atoms with E-state index in [2.05, 4.69) is 48.2 Å². The van der Waals surface area contributed by atoms with Gasteiger partial charge in [0.1, 0.15) is 5.82 Å². The van der Waals surface area contributed by atoms with Crippen LogP contribution in [0, 0.1) is 12.7 Å². The molecule has 0 unspecified atom stereocenters. The number of nitrogens with zero attached hydrogens (tertiary/aromatic N) is 2. The van der Waals surface area contributed by atoms with Gasteiger partial charge in [0.15, 0.2) is 0 Å². The van der Waals surface area contributed by atoms with Crippen LogP contribution in [0.5, 0.6) is 0 Å². The highest BCUT2D eigenvalue weighted by Crippen LogP contribution is 2.43. The van der Waals surface area contributed by atoms with E-state index in [9.17, 15) is 17.9 Å². The minimum absolute atomic E-state index is 0.0213. The molecule has 0 spiro atoms. The lowest BCUT2D eigenvalue weighted by Crippen LogP contribution is -2.67. The molecular weight excluding hydrogens is 463 g/mol. The first kappa shape index (κ1) is 24.1. The fourth-order valence-corrected chi connectivity index (χ4v) is 7.16. The van der Waals surface area contributed by atoms with E-state index in [-0.39, 0.29) is 29.5 Å². The van der Waals surface area contributed by atoms with Gasteiger partial charge < -0.3 is 5.11 Å². The largest absolute Gasteiger partial charge is 0.395 e. The number of fused-ring (bicyclic) bond motifs is 1. The Hall–Kier alpha value is -2.58. The maximum atomic E-state index is 13.4. The highest BCUT2D eigenvalue weighted by molar-refractivity contribution is 7.89. The molecule has 2 heterocycles. The van der Waals surface area contributed by atoms with Crippen LogP contribution < -0.4 is 0 Å². The summed E-state index contributed by atoms with van der Waals surface area (Å²) in [5, 5.41) is 10.2. The molecule has 7 heteroatoms. The van der Waals surface area contributed by atoms with Crippen molar-refractivity contribution in [3.05, 3.63) is 89.7 Å². The molecule has 0 aliphatic carbocycles. The fourth-order valence-electron chi connectivity index (χ4n) is 5.66. The number of aryl methyl sites for hydroxylation is 1. The van der Waals surface area contributed by atoms with Gasteiger partial charge in [-0.05, 0) is 72.8 Å². The van der Waals surface area contributed by atoms with Crippen molar-refractivity contribution in [2.45, 2.75) is 42.7 Å². The van der Waals surface area contributed by atoms with Gasteiger partial charge in [-0.2, -0.15) is 4.31 Å². The fraction of sp³-hybridized carbons (Fsp3) is 0.357.